The SMILES string of the molecule is C=C(CC)CCC1CCCN1. The Balaban J connectivity index is 2.06. The van der Waals surface area contributed by atoms with E-state index in [1.807, 2.05) is 0 Å². The lowest BCUT2D eigenvalue weighted by Crippen LogP contribution is -2.20. The second kappa shape index (κ2) is 4.55. The number of hydrogen-bond acceptors (Lipinski definition) is 1. The van der Waals surface area contributed by atoms with Gasteiger partial charge in [-0.1, -0.05) is 19.1 Å². The monoisotopic (exact) mass is 153 g/mol. The van der Waals surface area contributed by atoms with Crippen molar-refractivity contribution in [2.75, 3.05) is 6.54 Å². The fourth-order valence-electron chi connectivity index (χ4n) is 1.56. The first-order valence-corrected chi connectivity index (χ1v) is 4.73. The Bertz CT molecular complexity index is 123. The minimum absolute atomic E-state index is 0.790. The van der Waals surface area contributed by atoms with Crippen molar-refractivity contribution in [1.29, 1.82) is 0 Å². The minimum Gasteiger partial charge on any atom is -0.314 e. The van der Waals surface area contributed by atoms with Gasteiger partial charge in [0, 0.05) is 6.04 Å². The number of hydrogen-bond donors (Lipinski definition) is 1. The van der Waals surface area contributed by atoms with Gasteiger partial charge in [-0.2, -0.15) is 0 Å². The third-order valence-electron chi connectivity index (χ3n) is 2.51. The average molecular weight is 153 g/mol. The van der Waals surface area contributed by atoms with E-state index < -0.39 is 0 Å². The van der Waals surface area contributed by atoms with E-state index in [9.17, 15) is 0 Å². The molecule has 11 heavy (non-hydrogen) atoms. The third-order valence-corrected chi connectivity index (χ3v) is 2.51. The smallest absolute Gasteiger partial charge is 0.00705 e. The molecule has 1 heteroatoms. The number of allylic oxidation sites excluding steroid dienone is 1. The van der Waals surface area contributed by atoms with Crippen LogP contribution in [0.15, 0.2) is 12.2 Å². The van der Waals surface area contributed by atoms with Crippen molar-refractivity contribution in [2.24, 2.45) is 0 Å². The van der Waals surface area contributed by atoms with Crippen molar-refractivity contribution in [3.63, 3.8) is 0 Å². The second-order valence-corrected chi connectivity index (χ2v) is 3.44. The summed E-state index contributed by atoms with van der Waals surface area (Å²) >= 11 is 0. The van der Waals surface area contributed by atoms with Gasteiger partial charge in [-0.25, -0.2) is 0 Å². The van der Waals surface area contributed by atoms with Gasteiger partial charge in [-0.3, -0.25) is 0 Å². The van der Waals surface area contributed by atoms with E-state index in [4.69, 9.17) is 0 Å². The Hall–Kier alpha value is -0.300. The van der Waals surface area contributed by atoms with Crippen LogP contribution in [-0.2, 0) is 0 Å². The molecule has 0 aromatic heterocycles. The van der Waals surface area contributed by atoms with Crippen LogP contribution < -0.4 is 5.32 Å². The highest BCUT2D eigenvalue weighted by molar-refractivity contribution is 4.93. The van der Waals surface area contributed by atoms with E-state index in [1.165, 1.54) is 37.8 Å². The highest BCUT2D eigenvalue weighted by Gasteiger charge is 2.12. The maximum atomic E-state index is 4.01. The zero-order valence-electron chi connectivity index (χ0n) is 7.53. The maximum Gasteiger partial charge on any atom is 0.00705 e. The molecule has 0 bridgehead atoms. The van der Waals surface area contributed by atoms with Crippen LogP contribution in [-0.4, -0.2) is 12.6 Å². The molecule has 0 aromatic carbocycles. The fourth-order valence-corrected chi connectivity index (χ4v) is 1.56. The van der Waals surface area contributed by atoms with Crippen LogP contribution in [0.2, 0.25) is 0 Å². The van der Waals surface area contributed by atoms with E-state index in [-0.39, 0.29) is 0 Å². The predicted molar refractivity (Wildman–Crippen MR) is 49.7 cm³/mol. The van der Waals surface area contributed by atoms with Crippen molar-refractivity contribution in [3.05, 3.63) is 12.2 Å². The van der Waals surface area contributed by atoms with Gasteiger partial charge in [0.2, 0.25) is 0 Å². The molecule has 1 aliphatic heterocycles. The Morgan fingerprint density at radius 3 is 3.00 bits per heavy atom. The third kappa shape index (κ3) is 3.06. The number of rotatable bonds is 4. The van der Waals surface area contributed by atoms with Gasteiger partial charge in [-0.15, -0.1) is 0 Å². The van der Waals surface area contributed by atoms with Gasteiger partial charge in [-0.05, 0) is 38.6 Å². The van der Waals surface area contributed by atoms with Crippen molar-refractivity contribution in [3.8, 4) is 0 Å². The molecule has 1 unspecified atom stereocenters. The van der Waals surface area contributed by atoms with Crippen LogP contribution in [0.4, 0.5) is 0 Å². The van der Waals surface area contributed by atoms with Gasteiger partial charge in [0.15, 0.2) is 0 Å². The lowest BCUT2D eigenvalue weighted by molar-refractivity contribution is 0.555. The molecule has 0 radical (unpaired) electrons. The van der Waals surface area contributed by atoms with E-state index >= 15 is 0 Å². The van der Waals surface area contributed by atoms with Gasteiger partial charge in [0.1, 0.15) is 0 Å². The molecule has 1 saturated heterocycles. The van der Waals surface area contributed by atoms with Crippen LogP contribution >= 0.6 is 0 Å². The summed E-state index contributed by atoms with van der Waals surface area (Å²) in [7, 11) is 0. The highest BCUT2D eigenvalue weighted by atomic mass is 14.9. The van der Waals surface area contributed by atoms with Gasteiger partial charge < -0.3 is 5.32 Å². The summed E-state index contributed by atoms with van der Waals surface area (Å²) in [5.74, 6) is 0. The molecule has 1 atom stereocenters. The summed E-state index contributed by atoms with van der Waals surface area (Å²) < 4.78 is 0. The zero-order chi connectivity index (χ0) is 8.10. The second-order valence-electron chi connectivity index (χ2n) is 3.44. The quantitative estimate of drug-likeness (QED) is 0.612. The normalized spacial score (nSPS) is 23.9. The predicted octanol–water partition coefficient (Wildman–Crippen LogP) is 2.48. The highest BCUT2D eigenvalue weighted by Crippen LogP contribution is 2.14. The van der Waals surface area contributed by atoms with Gasteiger partial charge in [0.25, 0.3) is 0 Å². The molecule has 0 aliphatic carbocycles. The summed E-state index contributed by atoms with van der Waals surface area (Å²) in [5, 5.41) is 3.49. The molecule has 0 amide bonds. The molecule has 64 valence electrons. The molecule has 1 heterocycles. The molecule has 0 spiro atoms. The van der Waals surface area contributed by atoms with Crippen LogP contribution in [0.3, 0.4) is 0 Å². The summed E-state index contributed by atoms with van der Waals surface area (Å²) in [4.78, 5) is 0. The Labute approximate surface area is 69.9 Å². The van der Waals surface area contributed by atoms with Gasteiger partial charge in [0.05, 0.1) is 0 Å². The van der Waals surface area contributed by atoms with Crippen molar-refractivity contribution in [1.82, 2.24) is 5.32 Å². The largest absolute Gasteiger partial charge is 0.314 e. The van der Waals surface area contributed by atoms with Crippen molar-refractivity contribution in [2.45, 2.75) is 45.1 Å². The summed E-state index contributed by atoms with van der Waals surface area (Å²) in [5.41, 5.74) is 1.40. The zero-order valence-corrected chi connectivity index (χ0v) is 7.53. The van der Waals surface area contributed by atoms with Crippen LogP contribution in [0.25, 0.3) is 0 Å². The summed E-state index contributed by atoms with van der Waals surface area (Å²) in [6.07, 6.45) is 6.40. The summed E-state index contributed by atoms with van der Waals surface area (Å²) in [6.45, 7) is 7.42. The maximum absolute atomic E-state index is 4.01. The van der Waals surface area contributed by atoms with Crippen LogP contribution in [0.1, 0.15) is 39.0 Å². The average Bonchev–Trinajstić information content (AvgIpc) is 2.52. The van der Waals surface area contributed by atoms with E-state index in [0.717, 1.165) is 12.5 Å². The number of nitrogens with one attached hydrogen (secondary N) is 1. The molecule has 0 aromatic rings. The molecule has 1 aliphatic rings. The van der Waals surface area contributed by atoms with Crippen molar-refractivity contribution >= 4 is 0 Å². The molecule has 1 rings (SSSR count). The molecule has 1 nitrogen and oxygen atoms in total. The minimum atomic E-state index is 0.790. The Kier molecular flexibility index (Phi) is 3.64. The first-order valence-electron chi connectivity index (χ1n) is 4.73. The molecule has 1 N–H and O–H groups in total. The topological polar surface area (TPSA) is 12.0 Å². The first-order chi connectivity index (χ1) is 5.33. The Morgan fingerprint density at radius 1 is 1.64 bits per heavy atom. The van der Waals surface area contributed by atoms with Crippen LogP contribution in [0, 0.1) is 0 Å². The van der Waals surface area contributed by atoms with E-state index in [1.54, 1.807) is 0 Å². The molecular weight excluding hydrogens is 134 g/mol. The fraction of sp³-hybridized carbons (Fsp3) is 0.800. The Morgan fingerprint density at radius 2 is 2.45 bits per heavy atom. The van der Waals surface area contributed by atoms with E-state index in [0.29, 0.717) is 0 Å². The lowest BCUT2D eigenvalue weighted by atomic mass is 10.0. The van der Waals surface area contributed by atoms with E-state index in [2.05, 4.69) is 18.8 Å². The molecular formula is C10H19N. The van der Waals surface area contributed by atoms with Crippen LogP contribution in [0.5, 0.6) is 0 Å². The molecule has 0 saturated carbocycles. The van der Waals surface area contributed by atoms with Crippen molar-refractivity contribution < 1.29 is 0 Å². The molecule has 1 fully saturated rings. The first kappa shape index (κ1) is 8.79. The van der Waals surface area contributed by atoms with Gasteiger partial charge >= 0.3 is 0 Å². The lowest BCUT2D eigenvalue weighted by Gasteiger charge is -2.09. The standard InChI is InChI=1S/C10H19N/c1-3-9(2)6-7-10-5-4-8-11-10/h10-11H,2-8H2,1H3. The summed E-state index contributed by atoms with van der Waals surface area (Å²) in [6, 6.07) is 0.790.